The second-order valence-electron chi connectivity index (χ2n) is 4.33. The van der Waals surface area contributed by atoms with Crippen LogP contribution in [-0.4, -0.2) is 16.1 Å². The third-order valence-electron chi connectivity index (χ3n) is 2.93. The molecule has 0 aliphatic rings. The summed E-state index contributed by atoms with van der Waals surface area (Å²) in [6, 6.07) is 1.95. The summed E-state index contributed by atoms with van der Waals surface area (Å²) in [5, 5.41) is 9.84. The summed E-state index contributed by atoms with van der Waals surface area (Å²) in [5.74, 6) is -0.0598. The van der Waals surface area contributed by atoms with E-state index in [4.69, 9.17) is 0 Å². The van der Waals surface area contributed by atoms with Crippen LogP contribution >= 0.6 is 11.3 Å². The van der Waals surface area contributed by atoms with Gasteiger partial charge in [0, 0.05) is 4.88 Å². The molecule has 0 atom stereocenters. The number of anilines is 1. The Morgan fingerprint density at radius 1 is 1.44 bits per heavy atom. The van der Waals surface area contributed by atoms with Gasteiger partial charge >= 0.3 is 0 Å². The molecule has 1 amide bonds. The number of rotatable bonds is 3. The average molecular weight is 263 g/mol. The number of carbonyl (C=O) groups excluding carboxylic acids is 1. The zero-order chi connectivity index (χ0) is 13.3. The van der Waals surface area contributed by atoms with Gasteiger partial charge in [-0.3, -0.25) is 9.89 Å². The quantitative estimate of drug-likeness (QED) is 0.893. The fraction of sp³-hybridized carbons (Fsp3) is 0.385. The SMILES string of the molecule is CCc1sc(C(=O)Nc2c(C)n[nH]c2C)cc1C. The molecule has 0 aliphatic heterocycles. The molecule has 0 bridgehead atoms. The van der Waals surface area contributed by atoms with E-state index in [-0.39, 0.29) is 5.91 Å². The van der Waals surface area contributed by atoms with Gasteiger partial charge in [0.15, 0.2) is 0 Å². The number of amides is 1. The number of nitrogens with one attached hydrogen (secondary N) is 2. The van der Waals surface area contributed by atoms with Gasteiger partial charge in [-0.1, -0.05) is 6.92 Å². The highest BCUT2D eigenvalue weighted by molar-refractivity contribution is 7.14. The molecule has 0 unspecified atom stereocenters. The average Bonchev–Trinajstić information content (AvgIpc) is 2.86. The van der Waals surface area contributed by atoms with Crippen LogP contribution in [0.1, 0.15) is 38.4 Å². The molecule has 2 heterocycles. The van der Waals surface area contributed by atoms with E-state index in [0.717, 1.165) is 28.4 Å². The van der Waals surface area contributed by atoms with Gasteiger partial charge in [0.2, 0.25) is 0 Å². The van der Waals surface area contributed by atoms with Crippen molar-refractivity contribution in [3.63, 3.8) is 0 Å². The zero-order valence-corrected chi connectivity index (χ0v) is 11.9. The first-order chi connectivity index (χ1) is 8.52. The normalized spacial score (nSPS) is 10.7. The Morgan fingerprint density at radius 2 is 2.17 bits per heavy atom. The van der Waals surface area contributed by atoms with Gasteiger partial charge in [-0.2, -0.15) is 5.10 Å². The van der Waals surface area contributed by atoms with Crippen LogP contribution in [-0.2, 0) is 6.42 Å². The van der Waals surface area contributed by atoms with Gasteiger partial charge in [-0.25, -0.2) is 0 Å². The van der Waals surface area contributed by atoms with Gasteiger partial charge < -0.3 is 5.32 Å². The van der Waals surface area contributed by atoms with E-state index in [1.807, 2.05) is 26.8 Å². The van der Waals surface area contributed by atoms with Crippen LogP contribution in [0.25, 0.3) is 0 Å². The van der Waals surface area contributed by atoms with Gasteiger partial charge in [0.25, 0.3) is 5.91 Å². The zero-order valence-electron chi connectivity index (χ0n) is 11.0. The lowest BCUT2D eigenvalue weighted by atomic mass is 10.2. The Balaban J connectivity index is 2.22. The molecular weight excluding hydrogens is 246 g/mol. The standard InChI is InChI=1S/C13H17N3OS/c1-5-10-7(2)6-11(18-10)13(17)14-12-8(3)15-16-9(12)4/h6H,5H2,1-4H3,(H,14,17)(H,15,16). The van der Waals surface area contributed by atoms with E-state index in [9.17, 15) is 4.79 Å². The first kappa shape index (κ1) is 12.8. The molecule has 18 heavy (non-hydrogen) atoms. The molecule has 0 saturated heterocycles. The van der Waals surface area contributed by atoms with E-state index in [0.29, 0.717) is 0 Å². The van der Waals surface area contributed by atoms with Crippen molar-refractivity contribution in [2.24, 2.45) is 0 Å². The van der Waals surface area contributed by atoms with Crippen molar-refractivity contribution in [1.82, 2.24) is 10.2 Å². The number of hydrogen-bond donors (Lipinski definition) is 2. The summed E-state index contributed by atoms with van der Waals surface area (Å²) in [6.07, 6.45) is 0.966. The van der Waals surface area contributed by atoms with E-state index in [2.05, 4.69) is 22.4 Å². The number of aromatic nitrogens is 2. The van der Waals surface area contributed by atoms with Crippen molar-refractivity contribution in [1.29, 1.82) is 0 Å². The largest absolute Gasteiger partial charge is 0.318 e. The third-order valence-corrected chi connectivity index (χ3v) is 4.31. The van der Waals surface area contributed by atoms with Gasteiger partial charge in [-0.05, 0) is 38.8 Å². The maximum atomic E-state index is 12.2. The topological polar surface area (TPSA) is 57.8 Å². The van der Waals surface area contributed by atoms with E-state index < -0.39 is 0 Å². The van der Waals surface area contributed by atoms with Crippen molar-refractivity contribution in [3.8, 4) is 0 Å². The van der Waals surface area contributed by atoms with Crippen molar-refractivity contribution in [3.05, 3.63) is 32.8 Å². The summed E-state index contributed by atoms with van der Waals surface area (Å²) < 4.78 is 0. The van der Waals surface area contributed by atoms with Crippen molar-refractivity contribution in [2.75, 3.05) is 5.32 Å². The molecule has 0 fully saturated rings. The van der Waals surface area contributed by atoms with Crippen LogP contribution in [0.2, 0.25) is 0 Å². The molecule has 4 nitrogen and oxygen atoms in total. The highest BCUT2D eigenvalue weighted by Crippen LogP contribution is 2.24. The van der Waals surface area contributed by atoms with Gasteiger partial charge in [0.05, 0.1) is 22.0 Å². The molecule has 0 radical (unpaired) electrons. The summed E-state index contributed by atoms with van der Waals surface area (Å²) in [6.45, 7) is 7.91. The molecule has 0 saturated carbocycles. The first-order valence-electron chi connectivity index (χ1n) is 5.95. The molecular formula is C13H17N3OS. The predicted octanol–water partition coefficient (Wildman–Crippen LogP) is 3.21. The lowest BCUT2D eigenvalue weighted by Crippen LogP contribution is -2.11. The van der Waals surface area contributed by atoms with Crippen LogP contribution in [0, 0.1) is 20.8 Å². The lowest BCUT2D eigenvalue weighted by molar-refractivity contribution is 0.103. The summed E-state index contributed by atoms with van der Waals surface area (Å²) in [5.41, 5.74) is 3.66. The third kappa shape index (κ3) is 2.31. The highest BCUT2D eigenvalue weighted by Gasteiger charge is 2.15. The molecule has 2 aromatic rings. The van der Waals surface area contributed by atoms with E-state index >= 15 is 0 Å². The molecule has 2 aromatic heterocycles. The molecule has 2 N–H and O–H groups in total. The Bertz CT molecular complexity index is 564. The van der Waals surface area contributed by atoms with Crippen molar-refractivity contribution < 1.29 is 4.79 Å². The maximum Gasteiger partial charge on any atom is 0.265 e. The second kappa shape index (κ2) is 4.94. The molecule has 0 aliphatic carbocycles. The number of hydrogen-bond acceptors (Lipinski definition) is 3. The second-order valence-corrected chi connectivity index (χ2v) is 5.47. The Morgan fingerprint density at radius 3 is 2.67 bits per heavy atom. The molecule has 2 rings (SSSR count). The van der Waals surface area contributed by atoms with Crippen molar-refractivity contribution in [2.45, 2.75) is 34.1 Å². The van der Waals surface area contributed by atoms with Crippen molar-refractivity contribution >= 4 is 22.9 Å². The number of nitrogens with zero attached hydrogens (tertiary/aromatic N) is 1. The molecule has 5 heteroatoms. The minimum absolute atomic E-state index is 0.0598. The van der Waals surface area contributed by atoms with Crippen LogP contribution in [0.3, 0.4) is 0 Å². The fourth-order valence-corrected chi connectivity index (χ4v) is 2.90. The number of aryl methyl sites for hydroxylation is 4. The highest BCUT2D eigenvalue weighted by atomic mass is 32.1. The Hall–Kier alpha value is -1.62. The first-order valence-corrected chi connectivity index (χ1v) is 6.76. The maximum absolute atomic E-state index is 12.2. The van der Waals surface area contributed by atoms with Gasteiger partial charge in [0.1, 0.15) is 0 Å². The number of H-pyrrole nitrogens is 1. The molecule has 0 spiro atoms. The Kier molecular flexibility index (Phi) is 3.52. The van der Waals surface area contributed by atoms with Crippen LogP contribution in [0.4, 0.5) is 5.69 Å². The Labute approximate surface area is 110 Å². The lowest BCUT2D eigenvalue weighted by Gasteiger charge is -2.02. The summed E-state index contributed by atoms with van der Waals surface area (Å²) in [7, 11) is 0. The summed E-state index contributed by atoms with van der Waals surface area (Å²) >= 11 is 1.56. The summed E-state index contributed by atoms with van der Waals surface area (Å²) in [4.78, 5) is 14.2. The van der Waals surface area contributed by atoms with E-state index in [1.54, 1.807) is 11.3 Å². The molecule has 96 valence electrons. The predicted molar refractivity (Wildman–Crippen MR) is 74.4 cm³/mol. The van der Waals surface area contributed by atoms with Gasteiger partial charge in [-0.15, -0.1) is 11.3 Å². The minimum atomic E-state index is -0.0598. The number of thiophene rings is 1. The monoisotopic (exact) mass is 263 g/mol. The number of carbonyl (C=O) groups is 1. The fourth-order valence-electron chi connectivity index (χ4n) is 1.89. The molecule has 0 aromatic carbocycles. The van der Waals surface area contributed by atoms with Crippen LogP contribution in [0.15, 0.2) is 6.07 Å². The number of aromatic amines is 1. The minimum Gasteiger partial charge on any atom is -0.318 e. The smallest absolute Gasteiger partial charge is 0.265 e. The van der Waals surface area contributed by atoms with E-state index in [1.165, 1.54) is 10.4 Å². The van der Waals surface area contributed by atoms with Crippen LogP contribution in [0.5, 0.6) is 0 Å². The van der Waals surface area contributed by atoms with Crippen LogP contribution < -0.4 is 5.32 Å².